The van der Waals surface area contributed by atoms with E-state index < -0.39 is 0 Å². The SMILES string of the molecule is C1C[P+]2(P1)SS2. The molecule has 4 heteroatoms. The molecule has 2 saturated heterocycles. The van der Waals surface area contributed by atoms with Crippen molar-refractivity contribution in [3.05, 3.63) is 0 Å². The molecular weight excluding hydrogens is 150 g/mol. The fourth-order valence-corrected chi connectivity index (χ4v) is 18.2. The summed E-state index contributed by atoms with van der Waals surface area (Å²) in [6, 6.07) is 0. The maximum atomic E-state index is 2.20. The van der Waals surface area contributed by atoms with Gasteiger partial charge >= 0.3 is 0 Å². The molecule has 0 amide bonds. The largest absolute Gasteiger partial charge is 0.179 e. The van der Waals surface area contributed by atoms with Gasteiger partial charge in [-0.1, -0.05) is 0 Å². The van der Waals surface area contributed by atoms with E-state index in [2.05, 4.69) is 20.8 Å². The van der Waals surface area contributed by atoms with Crippen molar-refractivity contribution in [3.63, 3.8) is 0 Å². The third-order valence-corrected chi connectivity index (χ3v) is 20.0. The first kappa shape index (κ1) is 4.44. The minimum Gasteiger partial charge on any atom is 0.0380 e. The molecule has 0 aliphatic carbocycles. The Hall–Kier alpha value is 1.56. The summed E-state index contributed by atoms with van der Waals surface area (Å²) in [5.74, 6) is 0. The molecule has 1 spiro atoms. The average molecular weight is 155 g/mol. The minimum atomic E-state index is -0.105. The molecular formula is C2H5P2S2+. The van der Waals surface area contributed by atoms with Gasteiger partial charge in [-0.25, -0.2) is 0 Å². The minimum absolute atomic E-state index is 0.105. The van der Waals surface area contributed by atoms with E-state index in [0.29, 0.717) is 0 Å². The lowest BCUT2D eigenvalue weighted by Gasteiger charge is -2.08. The zero-order valence-corrected chi connectivity index (χ0v) is 6.71. The second kappa shape index (κ2) is 1.29. The quantitative estimate of drug-likeness (QED) is 0.299. The summed E-state index contributed by atoms with van der Waals surface area (Å²) in [6.45, 7) is 0. The zero-order valence-electron chi connectivity index (χ0n) is 3.18. The maximum Gasteiger partial charge on any atom is 0.179 e. The summed E-state index contributed by atoms with van der Waals surface area (Å²) in [6.07, 6.45) is 3.18. The molecule has 0 aromatic carbocycles. The van der Waals surface area contributed by atoms with Crippen molar-refractivity contribution >= 4 is 34.5 Å². The van der Waals surface area contributed by atoms with Crippen LogP contribution in [0.5, 0.6) is 0 Å². The van der Waals surface area contributed by atoms with Crippen LogP contribution in [0.15, 0.2) is 0 Å². The molecule has 2 heterocycles. The van der Waals surface area contributed by atoms with Crippen LogP contribution in [0.3, 0.4) is 0 Å². The van der Waals surface area contributed by atoms with Gasteiger partial charge in [-0.05, 0) is 0 Å². The first-order chi connectivity index (χ1) is 2.91. The van der Waals surface area contributed by atoms with Gasteiger partial charge in [0.2, 0.25) is 0 Å². The van der Waals surface area contributed by atoms with Crippen molar-refractivity contribution < 1.29 is 0 Å². The van der Waals surface area contributed by atoms with Crippen LogP contribution in [0, 0.1) is 0 Å². The molecule has 2 aliphatic rings. The Kier molecular flexibility index (Phi) is 0.951. The average Bonchev–Trinajstić information content (AvgIpc) is 2.02. The van der Waals surface area contributed by atoms with Gasteiger partial charge in [0.15, 0.2) is 5.35 Å². The smallest absolute Gasteiger partial charge is 0.0380 e. The van der Waals surface area contributed by atoms with Crippen LogP contribution in [0.25, 0.3) is 0 Å². The van der Waals surface area contributed by atoms with Crippen molar-refractivity contribution in [2.45, 2.75) is 0 Å². The van der Waals surface area contributed by atoms with Gasteiger partial charge in [-0.15, -0.1) is 0 Å². The summed E-state index contributed by atoms with van der Waals surface area (Å²) in [4.78, 5) is 0. The summed E-state index contributed by atoms with van der Waals surface area (Å²) in [7, 11) is 5.79. The predicted octanol–water partition coefficient (Wildman–Crippen LogP) is 2.84. The Morgan fingerprint density at radius 2 is 2.17 bits per heavy atom. The highest BCUT2D eigenvalue weighted by atomic mass is 33.9. The molecule has 0 saturated carbocycles. The normalized spacial score (nSPS) is 40.0. The lowest BCUT2D eigenvalue weighted by molar-refractivity contribution is 1.52. The molecule has 0 aromatic heterocycles. The van der Waals surface area contributed by atoms with Crippen LogP contribution >= 0.6 is 34.5 Å². The molecule has 34 valence electrons. The molecule has 0 nitrogen and oxygen atoms in total. The van der Waals surface area contributed by atoms with Gasteiger partial charge in [-0.3, -0.25) is 0 Å². The Morgan fingerprint density at radius 3 is 2.17 bits per heavy atom. The molecule has 2 rings (SSSR count). The van der Waals surface area contributed by atoms with Gasteiger partial charge in [0, 0.05) is 6.16 Å². The van der Waals surface area contributed by atoms with Crippen molar-refractivity contribution in [1.82, 2.24) is 0 Å². The van der Waals surface area contributed by atoms with Crippen LogP contribution in [-0.4, -0.2) is 12.3 Å². The Balaban J connectivity index is 2.09. The Morgan fingerprint density at radius 1 is 1.50 bits per heavy atom. The zero-order chi connectivity index (χ0) is 4.04. The summed E-state index contributed by atoms with van der Waals surface area (Å²) in [5.41, 5.74) is 0. The van der Waals surface area contributed by atoms with E-state index in [1.807, 2.05) is 0 Å². The second-order valence-electron chi connectivity index (χ2n) is 1.45. The molecule has 0 N–H and O–H groups in total. The molecule has 0 radical (unpaired) electrons. The van der Waals surface area contributed by atoms with Gasteiger partial charge in [-0.2, -0.15) is 0 Å². The first-order valence-corrected chi connectivity index (χ1v) is 9.31. The van der Waals surface area contributed by atoms with E-state index in [1.165, 1.54) is 8.27 Å². The molecule has 0 bridgehead atoms. The van der Waals surface area contributed by atoms with Crippen molar-refractivity contribution in [3.8, 4) is 0 Å². The van der Waals surface area contributed by atoms with Gasteiger partial charge < -0.3 is 0 Å². The molecule has 1 atom stereocenters. The summed E-state index contributed by atoms with van der Waals surface area (Å²) in [5, 5.41) is -0.105. The van der Waals surface area contributed by atoms with Crippen molar-refractivity contribution in [2.75, 3.05) is 12.3 Å². The van der Waals surface area contributed by atoms with E-state index in [-0.39, 0.29) is 5.35 Å². The highest BCUT2D eigenvalue weighted by Gasteiger charge is 2.64. The van der Waals surface area contributed by atoms with Crippen LogP contribution in [0.1, 0.15) is 0 Å². The third-order valence-electron chi connectivity index (χ3n) is 1.01. The number of hydrogen-bond donors (Lipinski definition) is 0. The molecule has 6 heavy (non-hydrogen) atoms. The Bertz CT molecular complexity index is 73.6. The van der Waals surface area contributed by atoms with E-state index in [9.17, 15) is 0 Å². The van der Waals surface area contributed by atoms with Crippen LogP contribution in [-0.2, 0) is 0 Å². The molecule has 2 aliphatic heterocycles. The fraction of sp³-hybridized carbons (Fsp3) is 1.00. The third kappa shape index (κ3) is 0.545. The topological polar surface area (TPSA) is 0 Å². The Labute approximate surface area is 47.1 Å². The van der Waals surface area contributed by atoms with Gasteiger partial charge in [0.25, 0.3) is 0 Å². The van der Waals surface area contributed by atoms with Crippen LogP contribution < -0.4 is 0 Å². The van der Waals surface area contributed by atoms with E-state index in [4.69, 9.17) is 0 Å². The molecule has 2 fully saturated rings. The molecule has 0 aromatic rings. The first-order valence-electron chi connectivity index (χ1n) is 1.93. The monoisotopic (exact) mass is 155 g/mol. The standard InChI is InChI=1S/C2H5P2S2/c1-2-4(3-1)5-6-4/h3H,1-2H2/q+1. The van der Waals surface area contributed by atoms with Crippen LogP contribution in [0.4, 0.5) is 0 Å². The summed E-state index contributed by atoms with van der Waals surface area (Å²) < 4.78 is 0. The van der Waals surface area contributed by atoms with E-state index in [1.54, 1.807) is 12.3 Å². The highest BCUT2D eigenvalue weighted by molar-refractivity contribution is 9.56. The number of rotatable bonds is 0. The van der Waals surface area contributed by atoms with E-state index >= 15 is 0 Å². The van der Waals surface area contributed by atoms with E-state index in [0.717, 1.165) is 0 Å². The second-order valence-corrected chi connectivity index (χ2v) is 17.6. The van der Waals surface area contributed by atoms with Gasteiger partial charge in [0.05, 0.1) is 14.4 Å². The highest BCUT2D eigenvalue weighted by Crippen LogP contribution is 3.15. The summed E-state index contributed by atoms with van der Waals surface area (Å²) >= 11 is 0. The number of hydrogen-bond acceptors (Lipinski definition) is 2. The van der Waals surface area contributed by atoms with Gasteiger partial charge in [0.1, 0.15) is 20.8 Å². The van der Waals surface area contributed by atoms with Crippen LogP contribution in [0.2, 0.25) is 0 Å². The van der Waals surface area contributed by atoms with Crippen molar-refractivity contribution in [2.24, 2.45) is 0 Å². The predicted molar refractivity (Wildman–Crippen MR) is 40.2 cm³/mol. The molecule has 1 unspecified atom stereocenters. The lowest BCUT2D eigenvalue weighted by atomic mass is 11.0. The van der Waals surface area contributed by atoms with Crippen molar-refractivity contribution in [1.29, 1.82) is 0 Å². The fourth-order valence-electron chi connectivity index (χ4n) is 0.462. The maximum absolute atomic E-state index is 2.20. The lowest BCUT2D eigenvalue weighted by Crippen LogP contribution is -1.89.